The minimum atomic E-state index is -0.723. The van der Waals surface area contributed by atoms with Gasteiger partial charge in [0.15, 0.2) is 0 Å². The number of benzene rings is 1. The van der Waals surface area contributed by atoms with Gasteiger partial charge in [-0.2, -0.15) is 0 Å². The number of halogens is 1. The van der Waals surface area contributed by atoms with E-state index in [9.17, 15) is 4.39 Å². The third-order valence-corrected chi connectivity index (χ3v) is 3.36. The van der Waals surface area contributed by atoms with E-state index in [2.05, 4.69) is 38.2 Å². The summed E-state index contributed by atoms with van der Waals surface area (Å²) >= 11 is 0. The van der Waals surface area contributed by atoms with Crippen molar-refractivity contribution < 1.29 is 4.39 Å². The molecule has 3 unspecified atom stereocenters. The summed E-state index contributed by atoms with van der Waals surface area (Å²) in [5.41, 5.74) is 1.29. The number of hydrogen-bond acceptors (Lipinski definition) is 1. The molecule has 0 bridgehead atoms. The molecular weight excluding hydrogens is 213 g/mol. The number of nitrogens with one attached hydrogen (secondary N) is 1. The summed E-state index contributed by atoms with van der Waals surface area (Å²) in [7, 11) is 0. The summed E-state index contributed by atoms with van der Waals surface area (Å²) in [4.78, 5) is 0. The van der Waals surface area contributed by atoms with Gasteiger partial charge in [-0.15, -0.1) is 0 Å². The van der Waals surface area contributed by atoms with Crippen molar-refractivity contribution in [3.8, 4) is 0 Å². The lowest BCUT2D eigenvalue weighted by Gasteiger charge is -2.22. The van der Waals surface area contributed by atoms with E-state index in [-0.39, 0.29) is 11.5 Å². The first-order chi connectivity index (χ1) is 7.97. The Labute approximate surface area is 103 Å². The van der Waals surface area contributed by atoms with Crippen LogP contribution in [0.3, 0.4) is 0 Å². The zero-order chi connectivity index (χ0) is 12.5. The summed E-state index contributed by atoms with van der Waals surface area (Å²) in [6.07, 6.45) is 0.274. The van der Waals surface area contributed by atoms with Gasteiger partial charge in [0.1, 0.15) is 6.17 Å². The molecule has 1 aliphatic rings. The maximum Gasteiger partial charge on any atom is 0.116 e. The highest BCUT2D eigenvalue weighted by molar-refractivity contribution is 5.26. The van der Waals surface area contributed by atoms with Crippen molar-refractivity contribution in [1.82, 2.24) is 5.32 Å². The second-order valence-electron chi connectivity index (χ2n) is 6.06. The van der Waals surface area contributed by atoms with Crippen LogP contribution < -0.4 is 5.32 Å². The molecule has 1 aromatic rings. The quantitative estimate of drug-likeness (QED) is 0.842. The van der Waals surface area contributed by atoms with Gasteiger partial charge in [-0.25, -0.2) is 4.39 Å². The fourth-order valence-electron chi connectivity index (χ4n) is 2.25. The first-order valence-electron chi connectivity index (χ1n) is 6.41. The number of hydrogen-bond donors (Lipinski definition) is 1. The minimum absolute atomic E-state index is 0.00146. The Morgan fingerprint density at radius 3 is 2.53 bits per heavy atom. The fourth-order valence-corrected chi connectivity index (χ4v) is 2.25. The van der Waals surface area contributed by atoms with Gasteiger partial charge in [-0.3, -0.25) is 0 Å². The highest BCUT2D eigenvalue weighted by atomic mass is 19.1. The molecule has 1 fully saturated rings. The van der Waals surface area contributed by atoms with Crippen molar-refractivity contribution in [3.63, 3.8) is 0 Å². The van der Waals surface area contributed by atoms with Gasteiger partial charge < -0.3 is 5.32 Å². The summed E-state index contributed by atoms with van der Waals surface area (Å²) in [6.45, 7) is 6.68. The zero-order valence-corrected chi connectivity index (χ0v) is 10.9. The van der Waals surface area contributed by atoms with Gasteiger partial charge in [0.05, 0.1) is 0 Å². The predicted octanol–water partition coefficient (Wildman–Crippen LogP) is 3.52. The van der Waals surface area contributed by atoms with Crippen LogP contribution in [-0.4, -0.2) is 18.3 Å². The molecule has 3 atom stereocenters. The van der Waals surface area contributed by atoms with Crippen molar-refractivity contribution in [2.75, 3.05) is 6.54 Å². The van der Waals surface area contributed by atoms with E-state index in [1.807, 2.05) is 18.2 Å². The van der Waals surface area contributed by atoms with E-state index >= 15 is 0 Å². The summed E-state index contributed by atoms with van der Waals surface area (Å²) in [5, 5.41) is 3.24. The predicted molar refractivity (Wildman–Crippen MR) is 69.9 cm³/mol. The molecular formula is C15H22FN. The van der Waals surface area contributed by atoms with Crippen molar-refractivity contribution >= 4 is 0 Å². The molecule has 0 aliphatic heterocycles. The standard InChI is InChI=1S/C15H22FN/c1-15(2,3)17-10-14(16)13-9-12(13)11-7-5-4-6-8-11/h4-8,12-14,17H,9-10H2,1-3H3. The van der Waals surface area contributed by atoms with E-state index in [1.54, 1.807) is 0 Å². The molecule has 1 aliphatic carbocycles. The molecule has 1 N–H and O–H groups in total. The van der Waals surface area contributed by atoms with Crippen LogP contribution in [0.4, 0.5) is 4.39 Å². The van der Waals surface area contributed by atoms with E-state index in [0.717, 1.165) is 6.42 Å². The second-order valence-corrected chi connectivity index (χ2v) is 6.06. The van der Waals surface area contributed by atoms with Gasteiger partial charge in [-0.1, -0.05) is 30.3 Å². The second kappa shape index (κ2) is 4.77. The normalized spacial score (nSPS) is 25.6. The van der Waals surface area contributed by atoms with E-state index in [1.165, 1.54) is 5.56 Å². The van der Waals surface area contributed by atoms with Crippen molar-refractivity contribution in [2.24, 2.45) is 5.92 Å². The van der Waals surface area contributed by atoms with Crippen molar-refractivity contribution in [2.45, 2.75) is 44.8 Å². The molecule has 2 rings (SSSR count). The monoisotopic (exact) mass is 235 g/mol. The number of alkyl halides is 1. The average molecular weight is 235 g/mol. The molecule has 0 heterocycles. The lowest BCUT2D eigenvalue weighted by Crippen LogP contribution is -2.40. The summed E-state index contributed by atoms with van der Waals surface area (Å²) in [5.74, 6) is 0.653. The molecule has 1 nitrogen and oxygen atoms in total. The maximum absolute atomic E-state index is 14.0. The van der Waals surface area contributed by atoms with E-state index in [4.69, 9.17) is 0 Å². The van der Waals surface area contributed by atoms with Gasteiger partial charge in [0, 0.05) is 12.1 Å². The Bertz CT molecular complexity index is 355. The average Bonchev–Trinajstić information content (AvgIpc) is 3.06. The van der Waals surface area contributed by atoms with Crippen LogP contribution in [0.2, 0.25) is 0 Å². The molecule has 94 valence electrons. The first-order valence-corrected chi connectivity index (χ1v) is 6.41. The van der Waals surface area contributed by atoms with Crippen LogP contribution in [0.15, 0.2) is 30.3 Å². The molecule has 0 aromatic heterocycles. The highest BCUT2D eigenvalue weighted by Crippen LogP contribution is 2.50. The Balaban J connectivity index is 1.83. The topological polar surface area (TPSA) is 12.0 Å². The van der Waals surface area contributed by atoms with Crippen molar-refractivity contribution in [3.05, 3.63) is 35.9 Å². The SMILES string of the molecule is CC(C)(C)NCC(F)C1CC1c1ccccc1. The minimum Gasteiger partial charge on any atom is -0.309 e. The molecule has 0 amide bonds. The lowest BCUT2D eigenvalue weighted by molar-refractivity contribution is 0.256. The molecule has 0 spiro atoms. The third kappa shape index (κ3) is 3.53. The first kappa shape index (κ1) is 12.6. The largest absolute Gasteiger partial charge is 0.309 e. The highest BCUT2D eigenvalue weighted by Gasteiger charge is 2.44. The molecule has 1 aromatic carbocycles. The third-order valence-electron chi connectivity index (χ3n) is 3.36. The fraction of sp³-hybridized carbons (Fsp3) is 0.600. The van der Waals surface area contributed by atoms with Crippen LogP contribution in [0.25, 0.3) is 0 Å². The zero-order valence-electron chi connectivity index (χ0n) is 10.9. The Hall–Kier alpha value is -0.890. The van der Waals surface area contributed by atoms with Crippen LogP contribution in [0.1, 0.15) is 38.7 Å². The van der Waals surface area contributed by atoms with Crippen LogP contribution in [0.5, 0.6) is 0 Å². The molecule has 1 saturated carbocycles. The number of rotatable bonds is 4. The molecule has 0 radical (unpaired) electrons. The van der Waals surface area contributed by atoms with Crippen LogP contribution >= 0.6 is 0 Å². The Kier molecular flexibility index (Phi) is 3.53. The molecule has 0 saturated heterocycles. The Morgan fingerprint density at radius 1 is 1.29 bits per heavy atom. The summed E-state index contributed by atoms with van der Waals surface area (Å²) in [6, 6.07) is 10.3. The van der Waals surface area contributed by atoms with E-state index in [0.29, 0.717) is 12.5 Å². The van der Waals surface area contributed by atoms with Gasteiger partial charge in [0.2, 0.25) is 0 Å². The van der Waals surface area contributed by atoms with Gasteiger partial charge in [0.25, 0.3) is 0 Å². The van der Waals surface area contributed by atoms with Gasteiger partial charge in [-0.05, 0) is 44.6 Å². The molecule has 17 heavy (non-hydrogen) atoms. The lowest BCUT2D eigenvalue weighted by atomic mass is 10.1. The molecule has 2 heteroatoms. The van der Waals surface area contributed by atoms with E-state index < -0.39 is 6.17 Å². The summed E-state index contributed by atoms with van der Waals surface area (Å²) < 4.78 is 14.0. The van der Waals surface area contributed by atoms with Crippen molar-refractivity contribution in [1.29, 1.82) is 0 Å². The maximum atomic E-state index is 14.0. The van der Waals surface area contributed by atoms with Gasteiger partial charge >= 0.3 is 0 Å². The Morgan fingerprint density at radius 2 is 1.94 bits per heavy atom. The van der Waals surface area contributed by atoms with Crippen LogP contribution in [-0.2, 0) is 0 Å². The van der Waals surface area contributed by atoms with Crippen LogP contribution in [0, 0.1) is 5.92 Å². The smallest absolute Gasteiger partial charge is 0.116 e.